The lowest BCUT2D eigenvalue weighted by Gasteiger charge is -2.17. The molecule has 32 heavy (non-hydrogen) atoms. The number of carbonyl (C=O) groups is 2. The Bertz CT molecular complexity index is 1130. The zero-order valence-corrected chi connectivity index (χ0v) is 18.2. The van der Waals surface area contributed by atoms with Crippen molar-refractivity contribution in [3.05, 3.63) is 101 Å². The molecule has 162 valence electrons. The Morgan fingerprint density at radius 3 is 2.56 bits per heavy atom. The van der Waals surface area contributed by atoms with Crippen molar-refractivity contribution < 1.29 is 9.59 Å². The summed E-state index contributed by atoms with van der Waals surface area (Å²) in [5.41, 5.74) is 4.24. The molecule has 4 rings (SSSR count). The van der Waals surface area contributed by atoms with Crippen LogP contribution in [0.25, 0.3) is 0 Å². The Hall–Kier alpha value is -3.93. The Labute approximate surface area is 188 Å². The quantitative estimate of drug-likeness (QED) is 0.693. The number of amidine groups is 1. The highest BCUT2D eigenvalue weighted by Gasteiger charge is 2.29. The molecule has 6 heteroatoms. The van der Waals surface area contributed by atoms with Gasteiger partial charge in [-0.1, -0.05) is 54.1 Å². The van der Waals surface area contributed by atoms with Crippen LogP contribution < -0.4 is 15.5 Å². The lowest BCUT2D eigenvalue weighted by Crippen LogP contribution is -2.31. The summed E-state index contributed by atoms with van der Waals surface area (Å²) in [5, 5.41) is 6.13. The van der Waals surface area contributed by atoms with E-state index in [0.717, 1.165) is 22.4 Å². The molecule has 2 aliphatic heterocycles. The molecule has 2 aromatic rings. The third kappa shape index (κ3) is 5.03. The predicted molar refractivity (Wildman–Crippen MR) is 127 cm³/mol. The van der Waals surface area contributed by atoms with Crippen molar-refractivity contribution in [3.8, 4) is 0 Å². The van der Waals surface area contributed by atoms with Crippen molar-refractivity contribution in [2.24, 2.45) is 4.99 Å². The van der Waals surface area contributed by atoms with E-state index in [1.807, 2.05) is 92.9 Å². The molecule has 0 radical (unpaired) electrons. The molecular formula is C26H26N4O2. The molecule has 2 aromatic carbocycles. The topological polar surface area (TPSA) is 73.8 Å². The summed E-state index contributed by atoms with van der Waals surface area (Å²) < 4.78 is 0. The van der Waals surface area contributed by atoms with Gasteiger partial charge < -0.3 is 10.6 Å². The van der Waals surface area contributed by atoms with Crippen LogP contribution in [0.3, 0.4) is 0 Å². The number of benzene rings is 2. The molecule has 0 aliphatic carbocycles. The van der Waals surface area contributed by atoms with Crippen LogP contribution in [-0.2, 0) is 22.6 Å². The fraction of sp³-hybridized carbons (Fsp3) is 0.192. The first-order valence-electron chi connectivity index (χ1n) is 10.6. The van der Waals surface area contributed by atoms with Crippen LogP contribution in [0.4, 0.5) is 5.69 Å². The van der Waals surface area contributed by atoms with Crippen molar-refractivity contribution in [2.75, 3.05) is 4.90 Å². The van der Waals surface area contributed by atoms with Crippen LogP contribution in [0.1, 0.15) is 25.0 Å². The van der Waals surface area contributed by atoms with Crippen LogP contribution in [0.5, 0.6) is 0 Å². The van der Waals surface area contributed by atoms with Gasteiger partial charge in [0.25, 0.3) is 5.91 Å². The minimum atomic E-state index is -0.154. The summed E-state index contributed by atoms with van der Waals surface area (Å²) in [4.78, 5) is 31.3. The summed E-state index contributed by atoms with van der Waals surface area (Å²) >= 11 is 0. The van der Waals surface area contributed by atoms with Gasteiger partial charge in [-0.25, -0.2) is 4.99 Å². The number of anilines is 1. The molecule has 6 nitrogen and oxygen atoms in total. The first kappa shape index (κ1) is 21.3. The number of rotatable bonds is 6. The van der Waals surface area contributed by atoms with Gasteiger partial charge in [0.1, 0.15) is 11.5 Å². The average molecular weight is 427 g/mol. The number of amides is 2. The van der Waals surface area contributed by atoms with E-state index >= 15 is 0 Å². The first-order chi connectivity index (χ1) is 15.5. The van der Waals surface area contributed by atoms with Gasteiger partial charge in [0.05, 0.1) is 18.2 Å². The fourth-order valence-electron chi connectivity index (χ4n) is 3.70. The molecule has 0 saturated carbocycles. The van der Waals surface area contributed by atoms with Crippen LogP contribution in [0.15, 0.2) is 95.3 Å². The number of dihydropyridines is 1. The summed E-state index contributed by atoms with van der Waals surface area (Å²) in [5.74, 6) is 0.430. The van der Waals surface area contributed by atoms with Gasteiger partial charge in [-0.15, -0.1) is 0 Å². The summed E-state index contributed by atoms with van der Waals surface area (Å²) in [7, 11) is 0. The normalized spacial score (nSPS) is 18.9. The Morgan fingerprint density at radius 2 is 1.84 bits per heavy atom. The molecule has 1 unspecified atom stereocenters. The highest BCUT2D eigenvalue weighted by Crippen LogP contribution is 2.25. The summed E-state index contributed by atoms with van der Waals surface area (Å²) in [6, 6.07) is 17.2. The molecule has 0 saturated heterocycles. The van der Waals surface area contributed by atoms with Crippen LogP contribution in [-0.4, -0.2) is 23.7 Å². The lowest BCUT2D eigenvalue weighted by atomic mass is 10.1. The van der Waals surface area contributed by atoms with E-state index in [4.69, 9.17) is 0 Å². The second-order valence-electron chi connectivity index (χ2n) is 7.89. The Morgan fingerprint density at radius 1 is 1.09 bits per heavy atom. The van der Waals surface area contributed by atoms with E-state index in [1.165, 1.54) is 0 Å². The third-order valence-electron chi connectivity index (χ3n) is 5.33. The summed E-state index contributed by atoms with van der Waals surface area (Å²) in [6.45, 7) is 4.34. The van der Waals surface area contributed by atoms with Crippen molar-refractivity contribution in [2.45, 2.75) is 32.9 Å². The number of hydrogen-bond donors (Lipinski definition) is 2. The Kier molecular flexibility index (Phi) is 6.31. The Balaban J connectivity index is 1.38. The molecule has 2 heterocycles. The first-order valence-corrected chi connectivity index (χ1v) is 10.6. The lowest BCUT2D eigenvalue weighted by molar-refractivity contribution is -0.120. The zero-order valence-electron chi connectivity index (χ0n) is 18.2. The molecule has 0 fully saturated rings. The van der Waals surface area contributed by atoms with E-state index in [0.29, 0.717) is 18.1 Å². The molecule has 1 atom stereocenters. The van der Waals surface area contributed by atoms with Gasteiger partial charge in [0, 0.05) is 6.54 Å². The number of hydrogen-bond acceptors (Lipinski definition) is 4. The predicted octanol–water partition coefficient (Wildman–Crippen LogP) is 3.63. The maximum atomic E-state index is 13.0. The minimum absolute atomic E-state index is 0.0424. The molecule has 0 spiro atoms. The number of nitrogens with zero attached hydrogens (tertiary/aromatic N) is 2. The molecule has 2 N–H and O–H groups in total. The zero-order chi connectivity index (χ0) is 22.5. The van der Waals surface area contributed by atoms with Crippen molar-refractivity contribution in [3.63, 3.8) is 0 Å². The van der Waals surface area contributed by atoms with Gasteiger partial charge in [-0.2, -0.15) is 0 Å². The maximum absolute atomic E-state index is 13.0. The van der Waals surface area contributed by atoms with Gasteiger partial charge in [-0.3, -0.25) is 14.5 Å². The van der Waals surface area contributed by atoms with E-state index in [9.17, 15) is 9.59 Å². The molecule has 0 bridgehead atoms. The molecule has 2 amide bonds. The number of aliphatic imine (C=N–C) groups is 1. The van der Waals surface area contributed by atoms with Crippen molar-refractivity contribution >= 4 is 23.3 Å². The monoisotopic (exact) mass is 426 g/mol. The standard InChI is InChI=1S/C26H26N4O2/c1-18-12-13-27-22(14-18)16-24-26(32)30(19(2)29-24)23-10-8-20(9-11-23)15-25(31)28-17-21-6-4-3-5-7-21/h3-14,16,22,27H,15,17H2,1-2H3,(H,28,31)/b24-16-. The molecule has 0 aromatic heterocycles. The second kappa shape index (κ2) is 9.47. The fourth-order valence-corrected chi connectivity index (χ4v) is 3.70. The third-order valence-corrected chi connectivity index (χ3v) is 5.33. The summed E-state index contributed by atoms with van der Waals surface area (Å²) in [6.07, 6.45) is 8.02. The minimum Gasteiger partial charge on any atom is -0.381 e. The smallest absolute Gasteiger partial charge is 0.282 e. The van der Waals surface area contributed by atoms with Crippen LogP contribution >= 0.6 is 0 Å². The molecule has 2 aliphatic rings. The highest BCUT2D eigenvalue weighted by molar-refractivity contribution is 6.26. The van der Waals surface area contributed by atoms with Crippen LogP contribution in [0.2, 0.25) is 0 Å². The largest absolute Gasteiger partial charge is 0.381 e. The van der Waals surface area contributed by atoms with E-state index < -0.39 is 0 Å². The SMILES string of the molecule is CC1=CC(/C=C2\N=C(C)N(c3ccc(CC(=O)NCc4ccccc4)cc3)C2=O)NC=C1. The maximum Gasteiger partial charge on any atom is 0.282 e. The van der Waals surface area contributed by atoms with Crippen molar-refractivity contribution in [1.29, 1.82) is 0 Å². The number of allylic oxidation sites excluding steroid dienone is 2. The van der Waals surface area contributed by atoms with Gasteiger partial charge in [-0.05, 0) is 55.5 Å². The van der Waals surface area contributed by atoms with E-state index in [2.05, 4.69) is 15.6 Å². The van der Waals surface area contributed by atoms with Crippen LogP contribution in [0, 0.1) is 0 Å². The number of nitrogens with one attached hydrogen (secondary N) is 2. The van der Waals surface area contributed by atoms with Gasteiger partial charge >= 0.3 is 0 Å². The number of carbonyl (C=O) groups excluding carboxylic acids is 2. The second-order valence-corrected chi connectivity index (χ2v) is 7.89. The van der Waals surface area contributed by atoms with Gasteiger partial charge in [0.15, 0.2) is 0 Å². The van der Waals surface area contributed by atoms with Gasteiger partial charge in [0.2, 0.25) is 5.91 Å². The van der Waals surface area contributed by atoms with E-state index in [-0.39, 0.29) is 24.3 Å². The molecular weight excluding hydrogens is 400 g/mol. The van der Waals surface area contributed by atoms with E-state index in [1.54, 1.807) is 4.90 Å². The van der Waals surface area contributed by atoms with Crippen molar-refractivity contribution in [1.82, 2.24) is 10.6 Å². The highest BCUT2D eigenvalue weighted by atomic mass is 16.2. The average Bonchev–Trinajstić information content (AvgIpc) is 3.06.